The number of benzene rings is 1. The maximum atomic E-state index is 12.5. The molecule has 0 heterocycles. The zero-order valence-corrected chi connectivity index (χ0v) is 14.2. The largest absolute Gasteiger partial charge is 0.337 e. The van der Waals surface area contributed by atoms with Crippen LogP contribution in [0.3, 0.4) is 0 Å². The van der Waals surface area contributed by atoms with Gasteiger partial charge in [-0.25, -0.2) is 0 Å². The molecular formula is C14H16Br2N2O. The van der Waals surface area contributed by atoms with Gasteiger partial charge < -0.3 is 4.90 Å². The Kier molecular flexibility index (Phi) is 6.53. The number of hydrogen-bond acceptors (Lipinski definition) is 2. The lowest BCUT2D eigenvalue weighted by Gasteiger charge is -2.24. The average molecular weight is 388 g/mol. The summed E-state index contributed by atoms with van der Waals surface area (Å²) in [5.41, 5.74) is 0.627. The van der Waals surface area contributed by atoms with Gasteiger partial charge in [0.25, 0.3) is 5.91 Å². The second-order valence-electron chi connectivity index (χ2n) is 4.68. The molecule has 0 aliphatic carbocycles. The molecule has 0 N–H and O–H groups in total. The third-order valence-corrected chi connectivity index (χ3v) is 3.68. The van der Waals surface area contributed by atoms with Gasteiger partial charge in [-0.1, -0.05) is 29.8 Å². The molecule has 0 bridgehead atoms. The van der Waals surface area contributed by atoms with E-state index >= 15 is 0 Å². The molecule has 0 aromatic heterocycles. The van der Waals surface area contributed by atoms with Crippen LogP contribution < -0.4 is 0 Å². The molecule has 0 unspecified atom stereocenters. The molecule has 0 saturated carbocycles. The van der Waals surface area contributed by atoms with Crippen LogP contribution in [0, 0.1) is 17.2 Å². The summed E-state index contributed by atoms with van der Waals surface area (Å²) in [7, 11) is 0. The number of nitrogens with zero attached hydrogens (tertiary/aromatic N) is 2. The highest BCUT2D eigenvalue weighted by molar-refractivity contribution is 9.11. The van der Waals surface area contributed by atoms with Crippen molar-refractivity contribution in [3.8, 4) is 6.07 Å². The van der Waals surface area contributed by atoms with Gasteiger partial charge in [-0.15, -0.1) is 0 Å². The Morgan fingerprint density at radius 3 is 2.63 bits per heavy atom. The highest BCUT2D eigenvalue weighted by Gasteiger charge is 2.18. The van der Waals surface area contributed by atoms with Gasteiger partial charge in [-0.2, -0.15) is 5.26 Å². The van der Waals surface area contributed by atoms with Gasteiger partial charge in [0.05, 0.1) is 18.1 Å². The smallest absolute Gasteiger partial charge is 0.255 e. The van der Waals surface area contributed by atoms with E-state index in [9.17, 15) is 4.79 Å². The number of nitriles is 1. The Hall–Kier alpha value is -0.860. The molecule has 0 spiro atoms. The van der Waals surface area contributed by atoms with Gasteiger partial charge in [-0.3, -0.25) is 4.79 Å². The van der Waals surface area contributed by atoms with Gasteiger partial charge in [0.1, 0.15) is 0 Å². The van der Waals surface area contributed by atoms with E-state index in [-0.39, 0.29) is 5.91 Å². The van der Waals surface area contributed by atoms with E-state index in [2.05, 4.69) is 51.8 Å². The molecule has 1 aromatic carbocycles. The zero-order chi connectivity index (χ0) is 14.4. The second kappa shape index (κ2) is 7.66. The van der Waals surface area contributed by atoms with Crippen LogP contribution in [0.2, 0.25) is 0 Å². The number of hydrogen-bond donors (Lipinski definition) is 0. The summed E-state index contributed by atoms with van der Waals surface area (Å²) >= 11 is 6.77. The standard InChI is InChI=1S/C14H16Br2N2O/c1-10(2)9-18(7-3-6-17)14(19)12-5-4-11(15)8-13(12)16/h4-5,8,10H,3,7,9H2,1-2H3. The molecule has 0 saturated heterocycles. The van der Waals surface area contributed by atoms with Crippen molar-refractivity contribution in [2.75, 3.05) is 13.1 Å². The Bertz CT molecular complexity index is 495. The summed E-state index contributed by atoms with van der Waals surface area (Å²) in [6.45, 7) is 5.24. The molecule has 3 nitrogen and oxygen atoms in total. The first kappa shape index (κ1) is 16.2. The van der Waals surface area contributed by atoms with E-state index in [4.69, 9.17) is 5.26 Å². The minimum Gasteiger partial charge on any atom is -0.337 e. The Morgan fingerprint density at radius 1 is 1.42 bits per heavy atom. The predicted molar refractivity (Wildman–Crippen MR) is 82.8 cm³/mol. The number of carbonyl (C=O) groups excluding carboxylic acids is 1. The Morgan fingerprint density at radius 2 is 2.11 bits per heavy atom. The summed E-state index contributed by atoms with van der Waals surface area (Å²) in [4.78, 5) is 14.2. The maximum Gasteiger partial charge on any atom is 0.255 e. The molecule has 5 heteroatoms. The van der Waals surface area contributed by atoms with E-state index in [0.29, 0.717) is 31.0 Å². The third-order valence-electron chi connectivity index (χ3n) is 2.53. The van der Waals surface area contributed by atoms with Crippen LogP contribution in [0.4, 0.5) is 0 Å². The maximum absolute atomic E-state index is 12.5. The molecular weight excluding hydrogens is 372 g/mol. The van der Waals surface area contributed by atoms with Crippen LogP contribution in [-0.4, -0.2) is 23.9 Å². The monoisotopic (exact) mass is 386 g/mol. The second-order valence-corrected chi connectivity index (χ2v) is 6.45. The first-order valence-corrected chi connectivity index (χ1v) is 7.65. The molecule has 19 heavy (non-hydrogen) atoms. The lowest BCUT2D eigenvalue weighted by Crippen LogP contribution is -2.35. The quantitative estimate of drug-likeness (QED) is 0.758. The molecule has 0 radical (unpaired) electrons. The molecule has 0 atom stereocenters. The number of rotatable bonds is 5. The van der Waals surface area contributed by atoms with Crippen LogP contribution in [-0.2, 0) is 0 Å². The SMILES string of the molecule is CC(C)CN(CCC#N)C(=O)c1ccc(Br)cc1Br. The summed E-state index contributed by atoms with van der Waals surface area (Å²) < 4.78 is 1.68. The predicted octanol–water partition coefficient (Wildman–Crippen LogP) is 4.22. The van der Waals surface area contributed by atoms with Crippen LogP contribution in [0.25, 0.3) is 0 Å². The normalized spacial score (nSPS) is 10.3. The third kappa shape index (κ3) is 4.96. The van der Waals surface area contributed by atoms with Crippen molar-refractivity contribution >= 4 is 37.8 Å². The fourth-order valence-electron chi connectivity index (χ4n) is 1.73. The van der Waals surface area contributed by atoms with E-state index in [1.807, 2.05) is 12.1 Å². The van der Waals surface area contributed by atoms with Crippen molar-refractivity contribution in [1.29, 1.82) is 5.26 Å². The van der Waals surface area contributed by atoms with Gasteiger partial charge >= 0.3 is 0 Å². The minimum atomic E-state index is -0.0386. The van der Waals surface area contributed by atoms with E-state index in [1.165, 1.54) is 0 Å². The Labute approximate surface area is 130 Å². The summed E-state index contributed by atoms with van der Waals surface area (Å²) in [5.74, 6) is 0.334. The van der Waals surface area contributed by atoms with Gasteiger partial charge in [0.2, 0.25) is 0 Å². The fourth-order valence-corrected chi connectivity index (χ4v) is 2.95. The van der Waals surface area contributed by atoms with Gasteiger partial charge in [0.15, 0.2) is 0 Å². The van der Waals surface area contributed by atoms with Crippen molar-refractivity contribution in [3.05, 3.63) is 32.7 Å². The van der Waals surface area contributed by atoms with Gasteiger partial charge in [0, 0.05) is 22.0 Å². The first-order valence-electron chi connectivity index (χ1n) is 6.07. The lowest BCUT2D eigenvalue weighted by molar-refractivity contribution is 0.0739. The lowest BCUT2D eigenvalue weighted by atomic mass is 10.1. The number of halogens is 2. The number of amides is 1. The number of carbonyl (C=O) groups is 1. The highest BCUT2D eigenvalue weighted by atomic mass is 79.9. The molecule has 0 fully saturated rings. The van der Waals surface area contributed by atoms with Crippen molar-refractivity contribution in [1.82, 2.24) is 4.90 Å². The molecule has 0 aliphatic heterocycles. The van der Waals surface area contributed by atoms with E-state index in [1.54, 1.807) is 11.0 Å². The van der Waals surface area contributed by atoms with E-state index < -0.39 is 0 Å². The minimum absolute atomic E-state index is 0.0386. The first-order chi connectivity index (χ1) is 8.95. The molecule has 1 amide bonds. The van der Waals surface area contributed by atoms with Gasteiger partial charge in [-0.05, 0) is 40.0 Å². The molecule has 1 aromatic rings. The van der Waals surface area contributed by atoms with E-state index in [0.717, 1.165) is 8.95 Å². The average Bonchev–Trinajstić information content (AvgIpc) is 2.33. The summed E-state index contributed by atoms with van der Waals surface area (Å²) in [6, 6.07) is 7.57. The molecule has 102 valence electrons. The van der Waals surface area contributed by atoms with Crippen LogP contribution >= 0.6 is 31.9 Å². The van der Waals surface area contributed by atoms with Crippen LogP contribution in [0.15, 0.2) is 27.1 Å². The summed E-state index contributed by atoms with van der Waals surface area (Å²) in [6.07, 6.45) is 0.354. The van der Waals surface area contributed by atoms with Crippen molar-refractivity contribution in [2.24, 2.45) is 5.92 Å². The van der Waals surface area contributed by atoms with Crippen molar-refractivity contribution < 1.29 is 4.79 Å². The van der Waals surface area contributed by atoms with Crippen LogP contribution in [0.5, 0.6) is 0 Å². The van der Waals surface area contributed by atoms with Crippen molar-refractivity contribution in [3.63, 3.8) is 0 Å². The fraction of sp³-hybridized carbons (Fsp3) is 0.429. The molecule has 1 rings (SSSR count). The Balaban J connectivity index is 2.94. The highest BCUT2D eigenvalue weighted by Crippen LogP contribution is 2.23. The molecule has 0 aliphatic rings. The zero-order valence-electron chi connectivity index (χ0n) is 11.0. The summed E-state index contributed by atoms with van der Waals surface area (Å²) in [5, 5.41) is 8.69. The van der Waals surface area contributed by atoms with Crippen LogP contribution in [0.1, 0.15) is 30.6 Å². The topological polar surface area (TPSA) is 44.1 Å². The van der Waals surface area contributed by atoms with Crippen molar-refractivity contribution in [2.45, 2.75) is 20.3 Å².